The predicted octanol–water partition coefficient (Wildman–Crippen LogP) is 1.19. The average molecular weight is 673 g/mol. The fraction of sp³-hybridized carbons (Fsp3) is 0.417. The van der Waals surface area contributed by atoms with Gasteiger partial charge in [-0.2, -0.15) is 0 Å². The van der Waals surface area contributed by atoms with Crippen LogP contribution in [0.1, 0.15) is 67.3 Å². The Morgan fingerprint density at radius 2 is 1.49 bits per heavy atom. The van der Waals surface area contributed by atoms with E-state index in [-0.39, 0.29) is 76.3 Å². The smallest absolute Gasteiger partial charge is 0.517 e. The van der Waals surface area contributed by atoms with E-state index in [1.54, 1.807) is 6.92 Å². The van der Waals surface area contributed by atoms with Gasteiger partial charge in [0.25, 0.3) is 0 Å². The second kappa shape index (κ2) is 23.0. The zero-order valence-corrected chi connectivity index (χ0v) is 31.6. The molecule has 0 saturated heterocycles. The van der Waals surface area contributed by atoms with Gasteiger partial charge in [0.05, 0.1) is 12.1 Å². The van der Waals surface area contributed by atoms with Crippen molar-refractivity contribution in [2.75, 3.05) is 6.67 Å². The Kier molecular flexibility index (Phi) is 20.8. The Bertz CT molecular complexity index is 1300. The molecule has 0 aliphatic rings. The van der Waals surface area contributed by atoms with E-state index in [0.717, 1.165) is 22.3 Å². The van der Waals surface area contributed by atoms with E-state index in [4.69, 9.17) is 10.6 Å². The van der Waals surface area contributed by atoms with Crippen molar-refractivity contribution in [3.8, 4) is 0 Å². The third-order valence-electron chi connectivity index (χ3n) is 7.52. The van der Waals surface area contributed by atoms with Crippen molar-refractivity contribution in [3.63, 3.8) is 0 Å². The van der Waals surface area contributed by atoms with Gasteiger partial charge in [-0.3, -0.25) is 14.4 Å². The zero-order chi connectivity index (χ0) is 34.1. The van der Waals surface area contributed by atoms with E-state index in [2.05, 4.69) is 29.1 Å². The van der Waals surface area contributed by atoms with E-state index in [1.807, 2.05) is 93.6 Å². The minimum absolute atomic E-state index is 0. The molecule has 0 aliphatic carbocycles. The Labute approximate surface area is 321 Å². The number of carbonyl (C=O) groups excluding carboxylic acids is 3. The van der Waals surface area contributed by atoms with Gasteiger partial charge in [-0.1, -0.05) is 99.4 Å². The van der Waals surface area contributed by atoms with Crippen molar-refractivity contribution in [2.24, 2.45) is 11.7 Å². The van der Waals surface area contributed by atoms with Gasteiger partial charge >= 0.3 is 51.4 Å². The van der Waals surface area contributed by atoms with Crippen molar-refractivity contribution >= 4 is 18.2 Å². The molecule has 3 rings (SSSR count). The summed E-state index contributed by atoms with van der Waals surface area (Å²) in [5.41, 5.74) is 14.1. The second-order valence-electron chi connectivity index (χ2n) is 11.8. The number of nitrogens with zero attached hydrogens (tertiary/aromatic N) is 1. The van der Waals surface area contributed by atoms with E-state index >= 15 is 0 Å². The Morgan fingerprint density at radius 1 is 0.915 bits per heavy atom. The summed E-state index contributed by atoms with van der Waals surface area (Å²) >= 11 is 0. The molecule has 3 aromatic rings. The maximum atomic E-state index is 13.1. The molecule has 3 amide bonds. The van der Waals surface area contributed by atoms with Gasteiger partial charge in [-0.15, -0.1) is 0 Å². The molecule has 0 aromatic heterocycles. The Balaban J connectivity index is 0.000000625. The quantitative estimate of drug-likeness (QED) is 0.0626. The molecule has 6 N–H and O–H groups in total. The number of hydrogen-bond acceptors (Lipinski definition) is 6. The largest absolute Gasteiger partial charge is 1.00 e. The maximum Gasteiger partial charge on any atom is 1.00 e. The number of aryl methyl sites for hydroxylation is 2. The van der Waals surface area contributed by atoms with Crippen LogP contribution in [0, 0.1) is 19.8 Å². The van der Waals surface area contributed by atoms with Crippen LogP contribution >= 0.6 is 0 Å². The predicted molar refractivity (Wildman–Crippen MR) is 180 cm³/mol. The van der Waals surface area contributed by atoms with Gasteiger partial charge in [-0.05, 0) is 67.3 Å². The van der Waals surface area contributed by atoms with Crippen molar-refractivity contribution in [3.05, 3.63) is 112 Å². The molecule has 47 heavy (non-hydrogen) atoms. The number of nitrogens with one attached hydrogen (secondary N) is 2. The number of hydrogen-bond donors (Lipinski definition) is 5. The second-order valence-corrected chi connectivity index (χ2v) is 11.8. The standard InChI is InChI=1S/C28H33NO3.C8H16N3O3.K/c1-19-14-15-22(16-20(19)2)17-26(28(32)21(3)30)29-27(31)18-25(23-10-6-4-7-11-23)24-12-8-5-9-13-24;1-6(2)3-7(8(9)13)14-11-4-10-5-12;/h4-16,21,25-26,28,30,32H,17-18H2,1-3H3,(H,29,31);5-7H,3-4H2,1-2H3,(H2,9,13)(H,10,12);/q;-1;+1/t21?,26-,28?;;/m0../s1. The summed E-state index contributed by atoms with van der Waals surface area (Å²) in [4.78, 5) is 38.7. The van der Waals surface area contributed by atoms with Crippen LogP contribution < -0.4 is 67.8 Å². The molecule has 250 valence electrons. The summed E-state index contributed by atoms with van der Waals surface area (Å²) in [6.07, 6.45) is -1.03. The van der Waals surface area contributed by atoms with Crippen molar-refractivity contribution in [1.29, 1.82) is 0 Å². The maximum absolute atomic E-state index is 13.1. The third-order valence-corrected chi connectivity index (χ3v) is 7.52. The molecule has 3 unspecified atom stereocenters. The van der Waals surface area contributed by atoms with Gasteiger partial charge in [-0.25, -0.2) is 0 Å². The number of aliphatic hydroxyl groups excluding tert-OH is 2. The van der Waals surface area contributed by atoms with Crippen molar-refractivity contribution < 1.29 is 80.8 Å². The topological polar surface area (TPSA) is 165 Å². The van der Waals surface area contributed by atoms with Gasteiger partial charge in [0.15, 0.2) is 0 Å². The summed E-state index contributed by atoms with van der Waals surface area (Å²) in [5.74, 6) is -0.505. The van der Waals surface area contributed by atoms with E-state index in [9.17, 15) is 24.6 Å². The van der Waals surface area contributed by atoms with E-state index < -0.39 is 30.3 Å². The summed E-state index contributed by atoms with van der Waals surface area (Å²) in [7, 11) is 0. The number of rotatable bonds is 17. The monoisotopic (exact) mass is 672 g/mol. The molecular weight excluding hydrogens is 624 g/mol. The number of aliphatic hydroxyl groups is 2. The SMILES string of the molecule is CC(C)CC(O[N-]CNC=O)C(N)=O.Cc1ccc(C[C@H](NC(=O)CC(c2ccccc2)c2ccccc2)C(O)C(C)O)cc1C.[K+]. The Morgan fingerprint density at radius 3 is 1.96 bits per heavy atom. The summed E-state index contributed by atoms with van der Waals surface area (Å²) < 4.78 is 0. The van der Waals surface area contributed by atoms with E-state index in [0.29, 0.717) is 25.2 Å². The minimum Gasteiger partial charge on any atom is -0.517 e. The number of benzene rings is 3. The van der Waals surface area contributed by atoms with Crippen molar-refractivity contribution in [1.82, 2.24) is 10.6 Å². The van der Waals surface area contributed by atoms with Crippen molar-refractivity contribution in [2.45, 2.75) is 84.2 Å². The fourth-order valence-electron chi connectivity index (χ4n) is 4.87. The van der Waals surface area contributed by atoms with Crippen LogP contribution in [0.15, 0.2) is 78.9 Å². The first kappa shape index (κ1) is 42.6. The molecule has 0 radical (unpaired) electrons. The van der Waals surface area contributed by atoms with Crippen LogP contribution in [0.3, 0.4) is 0 Å². The summed E-state index contributed by atoms with van der Waals surface area (Å²) in [6.45, 7) is 9.55. The van der Waals surface area contributed by atoms with Crippen LogP contribution in [0.4, 0.5) is 0 Å². The van der Waals surface area contributed by atoms with Gasteiger partial charge in [0.2, 0.25) is 18.2 Å². The normalized spacial score (nSPS) is 13.3. The minimum atomic E-state index is -1.06. The summed E-state index contributed by atoms with van der Waals surface area (Å²) in [5, 5.41) is 25.9. The first-order valence-electron chi connectivity index (χ1n) is 15.5. The molecule has 0 saturated carbocycles. The molecule has 4 atom stereocenters. The van der Waals surface area contributed by atoms with Crippen LogP contribution in [0.2, 0.25) is 0 Å². The van der Waals surface area contributed by atoms with Crippen LogP contribution in [0.5, 0.6) is 0 Å². The Hall–Kier alpha value is -2.45. The fourth-order valence-corrected chi connectivity index (χ4v) is 4.87. The molecule has 0 heterocycles. The van der Waals surface area contributed by atoms with Gasteiger partial charge in [0.1, 0.15) is 12.2 Å². The number of carbonyl (C=O) groups is 3. The molecular formula is C36H49KN4O6. The zero-order valence-electron chi connectivity index (χ0n) is 28.4. The molecule has 0 aliphatic heterocycles. The first-order chi connectivity index (χ1) is 21.9. The van der Waals surface area contributed by atoms with Gasteiger partial charge in [0, 0.05) is 12.3 Å². The number of nitrogens with two attached hydrogens (primary N) is 1. The van der Waals surface area contributed by atoms with E-state index in [1.165, 1.54) is 5.56 Å². The van der Waals surface area contributed by atoms with Crippen LogP contribution in [-0.2, 0) is 25.6 Å². The molecule has 0 bridgehead atoms. The number of amides is 3. The number of hydroxylamine groups is 1. The molecule has 0 fully saturated rings. The molecule has 0 spiro atoms. The van der Waals surface area contributed by atoms with Gasteiger partial charge < -0.3 is 36.9 Å². The average Bonchev–Trinajstić information content (AvgIpc) is 3.03. The third kappa shape index (κ3) is 16.0. The van der Waals surface area contributed by atoms with Crippen LogP contribution in [0.25, 0.3) is 5.48 Å². The summed E-state index contributed by atoms with van der Waals surface area (Å²) in [6, 6.07) is 25.5. The first-order valence-corrected chi connectivity index (χ1v) is 15.5. The number of primary amides is 1. The molecule has 11 heteroatoms. The van der Waals surface area contributed by atoms with Crippen LogP contribution in [-0.4, -0.2) is 59.5 Å². The molecule has 10 nitrogen and oxygen atoms in total. The molecule has 3 aromatic carbocycles.